The first-order chi connectivity index (χ1) is 15.6. The van der Waals surface area contributed by atoms with E-state index in [2.05, 4.69) is 20.9 Å². The number of fused-ring (bicyclic) bond motifs is 2. The molecule has 1 N–H and O–H groups in total. The van der Waals surface area contributed by atoms with Gasteiger partial charge in [0, 0.05) is 38.1 Å². The maximum atomic E-state index is 13.0. The Hall–Kier alpha value is -3.77. The highest BCUT2D eigenvalue weighted by atomic mass is 79.9. The van der Waals surface area contributed by atoms with E-state index in [0.717, 1.165) is 20.9 Å². The van der Waals surface area contributed by atoms with Crippen LogP contribution in [0.25, 0.3) is 33.1 Å². The highest BCUT2D eigenvalue weighted by Gasteiger charge is 2.18. The zero-order valence-electron chi connectivity index (χ0n) is 16.8. The summed E-state index contributed by atoms with van der Waals surface area (Å²) in [5.74, 6) is -0.825. The van der Waals surface area contributed by atoms with Gasteiger partial charge in [-0.2, -0.15) is 0 Å². The summed E-state index contributed by atoms with van der Waals surface area (Å²) in [5, 5.41) is 1.48. The van der Waals surface area contributed by atoms with Gasteiger partial charge in [-0.05, 0) is 30.3 Å². The number of pyridine rings is 1. The second-order valence-corrected chi connectivity index (χ2v) is 8.25. The zero-order chi connectivity index (χ0) is 22.1. The smallest absolute Gasteiger partial charge is 0.339 e. The average Bonchev–Trinajstić information content (AvgIpc) is 3.26. The number of carbonyl (C=O) groups excluding carboxylic acids is 2. The number of nitrogens with zero attached hydrogens (tertiary/aromatic N) is 1. The van der Waals surface area contributed by atoms with Crippen molar-refractivity contribution in [1.82, 2.24) is 9.97 Å². The van der Waals surface area contributed by atoms with E-state index in [1.54, 1.807) is 12.3 Å². The Bertz CT molecular complexity index is 1490. The number of carbonyl (C=O) groups is 2. The standard InChI is InChI=1S/C26H17BrN2O3/c27-17-7-5-6-16(12-17)24-13-20(18-8-2-4-11-23(18)29-24)26(31)32-15-25(30)21-14-28-22-10-3-1-9-19(21)22/h1-14,28H,15H2. The molecule has 5 nitrogen and oxygen atoms in total. The minimum absolute atomic E-state index is 0.263. The van der Waals surface area contributed by atoms with Crippen LogP contribution in [0.4, 0.5) is 0 Å². The maximum Gasteiger partial charge on any atom is 0.339 e. The van der Waals surface area contributed by atoms with Crippen molar-refractivity contribution in [2.45, 2.75) is 0 Å². The van der Waals surface area contributed by atoms with Crippen molar-refractivity contribution in [3.63, 3.8) is 0 Å². The van der Waals surface area contributed by atoms with E-state index in [1.165, 1.54) is 0 Å². The lowest BCUT2D eigenvalue weighted by Crippen LogP contribution is -2.14. The normalized spacial score (nSPS) is 11.0. The van der Waals surface area contributed by atoms with Crippen molar-refractivity contribution in [1.29, 1.82) is 0 Å². The van der Waals surface area contributed by atoms with Gasteiger partial charge in [-0.3, -0.25) is 4.79 Å². The number of hydrogen-bond donors (Lipinski definition) is 1. The van der Waals surface area contributed by atoms with E-state index >= 15 is 0 Å². The number of ether oxygens (including phenoxy) is 1. The Kier molecular flexibility index (Phi) is 5.29. The third-order valence-corrected chi connectivity index (χ3v) is 5.77. The number of hydrogen-bond acceptors (Lipinski definition) is 4. The van der Waals surface area contributed by atoms with Crippen LogP contribution in [0.5, 0.6) is 0 Å². The van der Waals surface area contributed by atoms with Gasteiger partial charge in [-0.25, -0.2) is 9.78 Å². The van der Waals surface area contributed by atoms with Crippen LogP contribution < -0.4 is 0 Å². The molecule has 0 radical (unpaired) electrons. The molecule has 0 amide bonds. The molecule has 0 spiro atoms. The lowest BCUT2D eigenvalue weighted by Gasteiger charge is -2.10. The molecule has 0 fully saturated rings. The minimum atomic E-state index is -0.562. The largest absolute Gasteiger partial charge is 0.454 e. The second-order valence-electron chi connectivity index (χ2n) is 7.33. The van der Waals surface area contributed by atoms with Gasteiger partial charge in [0.1, 0.15) is 0 Å². The molecule has 0 aliphatic heterocycles. The number of para-hydroxylation sites is 2. The molecule has 6 heteroatoms. The van der Waals surface area contributed by atoms with Crippen LogP contribution in [0.15, 0.2) is 89.5 Å². The molecule has 0 unspecified atom stereocenters. The van der Waals surface area contributed by atoms with Crippen LogP contribution in [-0.4, -0.2) is 28.3 Å². The molecule has 2 aromatic heterocycles. The van der Waals surface area contributed by atoms with Gasteiger partial charge in [0.25, 0.3) is 0 Å². The third-order valence-electron chi connectivity index (χ3n) is 5.28. The first kappa shape index (κ1) is 20.2. The molecule has 5 aromatic rings. The molecule has 0 bridgehead atoms. The molecule has 2 heterocycles. The number of Topliss-reactive ketones (excluding diaryl/α,β-unsaturated/α-hetero) is 1. The van der Waals surface area contributed by atoms with E-state index < -0.39 is 5.97 Å². The number of nitrogens with one attached hydrogen (secondary N) is 1. The quantitative estimate of drug-likeness (QED) is 0.238. The van der Waals surface area contributed by atoms with Gasteiger partial charge in [-0.1, -0.05) is 64.5 Å². The van der Waals surface area contributed by atoms with E-state index in [4.69, 9.17) is 9.72 Å². The summed E-state index contributed by atoms with van der Waals surface area (Å²) in [6, 6.07) is 24.3. The van der Waals surface area contributed by atoms with Crippen molar-refractivity contribution < 1.29 is 14.3 Å². The molecular formula is C26H17BrN2O3. The van der Waals surface area contributed by atoms with Gasteiger partial charge < -0.3 is 9.72 Å². The zero-order valence-corrected chi connectivity index (χ0v) is 18.4. The molecule has 0 saturated carbocycles. The van der Waals surface area contributed by atoms with Crippen LogP contribution in [0.2, 0.25) is 0 Å². The van der Waals surface area contributed by atoms with Crippen molar-refractivity contribution in [2.75, 3.05) is 6.61 Å². The fourth-order valence-electron chi connectivity index (χ4n) is 3.73. The number of rotatable bonds is 5. The second kappa shape index (κ2) is 8.40. The van der Waals surface area contributed by atoms with Crippen molar-refractivity contribution >= 4 is 49.5 Å². The lowest BCUT2D eigenvalue weighted by molar-refractivity contribution is 0.0477. The number of ketones is 1. The first-order valence-electron chi connectivity index (χ1n) is 10.0. The average molecular weight is 485 g/mol. The molecule has 5 rings (SSSR count). The predicted molar refractivity (Wildman–Crippen MR) is 128 cm³/mol. The van der Waals surface area contributed by atoms with Crippen LogP contribution >= 0.6 is 15.9 Å². The van der Waals surface area contributed by atoms with Crippen LogP contribution in [0.3, 0.4) is 0 Å². The summed E-state index contributed by atoms with van der Waals surface area (Å²) in [4.78, 5) is 33.5. The summed E-state index contributed by atoms with van der Waals surface area (Å²) in [6.45, 7) is -0.344. The van der Waals surface area contributed by atoms with E-state index in [9.17, 15) is 9.59 Å². The maximum absolute atomic E-state index is 13.0. The van der Waals surface area contributed by atoms with Gasteiger partial charge in [-0.15, -0.1) is 0 Å². The number of benzene rings is 3. The Balaban J connectivity index is 1.45. The fraction of sp³-hybridized carbons (Fsp3) is 0.0385. The van der Waals surface area contributed by atoms with Crippen LogP contribution in [-0.2, 0) is 4.74 Å². The van der Waals surface area contributed by atoms with Crippen LogP contribution in [0.1, 0.15) is 20.7 Å². The molecule has 0 atom stereocenters. The Morgan fingerprint density at radius 1 is 0.875 bits per heavy atom. The van der Waals surface area contributed by atoms with E-state index in [1.807, 2.05) is 72.8 Å². The van der Waals surface area contributed by atoms with E-state index in [-0.39, 0.29) is 12.4 Å². The topological polar surface area (TPSA) is 72.1 Å². The van der Waals surface area contributed by atoms with Crippen molar-refractivity contribution in [2.24, 2.45) is 0 Å². The first-order valence-corrected chi connectivity index (χ1v) is 10.8. The van der Waals surface area contributed by atoms with Gasteiger partial charge in [0.15, 0.2) is 6.61 Å². The summed E-state index contributed by atoms with van der Waals surface area (Å²) < 4.78 is 6.36. The number of aromatic nitrogens is 2. The van der Waals surface area contributed by atoms with Gasteiger partial charge in [0.2, 0.25) is 5.78 Å². The number of halogens is 1. The lowest BCUT2D eigenvalue weighted by atomic mass is 10.0. The monoisotopic (exact) mass is 484 g/mol. The number of esters is 1. The highest BCUT2D eigenvalue weighted by Crippen LogP contribution is 2.27. The molecule has 32 heavy (non-hydrogen) atoms. The molecule has 156 valence electrons. The van der Waals surface area contributed by atoms with E-state index in [0.29, 0.717) is 27.7 Å². The third kappa shape index (κ3) is 3.81. The molecular weight excluding hydrogens is 468 g/mol. The summed E-state index contributed by atoms with van der Waals surface area (Å²) >= 11 is 3.47. The van der Waals surface area contributed by atoms with Gasteiger partial charge in [0.05, 0.1) is 16.8 Å². The Morgan fingerprint density at radius 2 is 1.66 bits per heavy atom. The number of H-pyrrole nitrogens is 1. The minimum Gasteiger partial charge on any atom is -0.454 e. The number of aromatic amines is 1. The Labute approximate surface area is 192 Å². The van der Waals surface area contributed by atoms with Crippen molar-refractivity contribution in [3.05, 3.63) is 101 Å². The fourth-order valence-corrected chi connectivity index (χ4v) is 4.13. The predicted octanol–water partition coefficient (Wildman–Crippen LogP) is 6.19. The molecule has 0 aliphatic carbocycles. The summed E-state index contributed by atoms with van der Waals surface area (Å²) in [6.07, 6.45) is 1.65. The summed E-state index contributed by atoms with van der Waals surface area (Å²) in [7, 11) is 0. The van der Waals surface area contributed by atoms with Gasteiger partial charge >= 0.3 is 5.97 Å². The van der Waals surface area contributed by atoms with Crippen molar-refractivity contribution in [3.8, 4) is 11.3 Å². The SMILES string of the molecule is O=C(OCC(=O)c1c[nH]c2ccccc12)c1cc(-c2cccc(Br)c2)nc2ccccc12. The Morgan fingerprint density at radius 3 is 2.50 bits per heavy atom. The summed E-state index contributed by atoms with van der Waals surface area (Å²) in [5.41, 5.74) is 3.94. The van der Waals surface area contributed by atoms with Crippen LogP contribution in [0, 0.1) is 0 Å². The molecule has 3 aromatic carbocycles. The molecule has 0 aliphatic rings. The molecule has 0 saturated heterocycles. The highest BCUT2D eigenvalue weighted by molar-refractivity contribution is 9.10.